The number of rotatable bonds is 9. The van der Waals surface area contributed by atoms with Gasteiger partial charge in [-0.1, -0.05) is 20.8 Å². The Morgan fingerprint density at radius 2 is 2.16 bits per heavy atom. The molecule has 0 aliphatic heterocycles. The molecule has 1 heterocycles. The maximum absolute atomic E-state index is 5.75. The third-order valence-corrected chi connectivity index (χ3v) is 4.01. The molecule has 0 aromatic carbocycles. The Morgan fingerprint density at radius 3 is 2.68 bits per heavy atom. The molecule has 110 valence electrons. The van der Waals surface area contributed by atoms with E-state index in [0.29, 0.717) is 0 Å². The fraction of sp³-hybridized carbons (Fsp3) is 0.800. The Hall–Kier alpha value is -0.870. The van der Waals surface area contributed by atoms with Crippen molar-refractivity contribution in [1.29, 1.82) is 0 Å². The van der Waals surface area contributed by atoms with Crippen LogP contribution in [0, 0.1) is 0 Å². The fourth-order valence-corrected chi connectivity index (χ4v) is 2.44. The molecule has 2 atom stereocenters. The van der Waals surface area contributed by atoms with E-state index in [-0.39, 0.29) is 11.6 Å². The minimum atomic E-state index is -0.154. The molecule has 0 amide bonds. The van der Waals surface area contributed by atoms with Crippen LogP contribution in [0.15, 0.2) is 12.4 Å². The molecule has 4 nitrogen and oxygen atoms in total. The molecule has 0 saturated carbocycles. The van der Waals surface area contributed by atoms with Crippen molar-refractivity contribution in [3.8, 4) is 0 Å². The standard InChI is InChI=1S/C15H29N3O/c1-6-10-18-11-9-17-14(18)12-13(16-8-3)15(4,7-2)19-5/h9,11,13,16H,6-8,10,12H2,1-5H3. The summed E-state index contributed by atoms with van der Waals surface area (Å²) in [6.45, 7) is 10.6. The maximum Gasteiger partial charge on any atom is 0.110 e. The Bertz CT molecular complexity index is 358. The molecule has 1 aromatic rings. The first kappa shape index (κ1) is 16.2. The van der Waals surface area contributed by atoms with Crippen LogP contribution in [0.2, 0.25) is 0 Å². The van der Waals surface area contributed by atoms with Crippen LogP contribution in [0.5, 0.6) is 0 Å². The van der Waals surface area contributed by atoms with Gasteiger partial charge in [0.25, 0.3) is 0 Å². The third kappa shape index (κ3) is 4.05. The van der Waals surface area contributed by atoms with E-state index < -0.39 is 0 Å². The molecule has 1 rings (SSSR count). The first-order valence-electron chi connectivity index (χ1n) is 7.39. The number of nitrogens with zero attached hydrogens (tertiary/aromatic N) is 2. The summed E-state index contributed by atoms with van der Waals surface area (Å²) in [7, 11) is 1.80. The average Bonchev–Trinajstić information content (AvgIpc) is 2.85. The molecule has 0 aliphatic rings. The fourth-order valence-electron chi connectivity index (χ4n) is 2.44. The maximum atomic E-state index is 5.75. The van der Waals surface area contributed by atoms with Crippen LogP contribution in [0.1, 0.15) is 46.4 Å². The van der Waals surface area contributed by atoms with E-state index >= 15 is 0 Å². The Balaban J connectivity index is 2.85. The summed E-state index contributed by atoms with van der Waals surface area (Å²) in [5.41, 5.74) is -0.154. The van der Waals surface area contributed by atoms with E-state index in [1.165, 1.54) is 0 Å². The summed E-state index contributed by atoms with van der Waals surface area (Å²) in [4.78, 5) is 4.51. The van der Waals surface area contributed by atoms with Gasteiger partial charge in [-0.15, -0.1) is 0 Å². The zero-order valence-corrected chi connectivity index (χ0v) is 13.1. The predicted molar refractivity (Wildman–Crippen MR) is 79.4 cm³/mol. The van der Waals surface area contributed by atoms with Crippen molar-refractivity contribution in [2.45, 2.75) is 65.1 Å². The minimum Gasteiger partial charge on any atom is -0.377 e. The number of nitrogens with one attached hydrogen (secondary N) is 1. The quantitative estimate of drug-likeness (QED) is 0.747. The van der Waals surface area contributed by atoms with E-state index in [1.54, 1.807) is 7.11 Å². The molecule has 0 spiro atoms. The molecule has 2 unspecified atom stereocenters. The van der Waals surface area contributed by atoms with Crippen LogP contribution in [-0.4, -0.2) is 34.8 Å². The van der Waals surface area contributed by atoms with Gasteiger partial charge in [0, 0.05) is 38.5 Å². The third-order valence-electron chi connectivity index (χ3n) is 4.01. The highest BCUT2D eigenvalue weighted by atomic mass is 16.5. The highest BCUT2D eigenvalue weighted by Crippen LogP contribution is 2.22. The largest absolute Gasteiger partial charge is 0.377 e. The van der Waals surface area contributed by atoms with Crippen LogP contribution in [-0.2, 0) is 17.7 Å². The summed E-state index contributed by atoms with van der Waals surface area (Å²) in [5, 5.41) is 3.55. The first-order valence-corrected chi connectivity index (χ1v) is 7.39. The summed E-state index contributed by atoms with van der Waals surface area (Å²) in [6.07, 6.45) is 6.97. The van der Waals surface area contributed by atoms with Gasteiger partial charge >= 0.3 is 0 Å². The minimum absolute atomic E-state index is 0.154. The van der Waals surface area contributed by atoms with Crippen molar-refractivity contribution >= 4 is 0 Å². The van der Waals surface area contributed by atoms with Crippen molar-refractivity contribution in [1.82, 2.24) is 14.9 Å². The highest BCUT2D eigenvalue weighted by molar-refractivity contribution is 5.00. The van der Waals surface area contributed by atoms with Gasteiger partial charge in [-0.25, -0.2) is 4.98 Å². The lowest BCUT2D eigenvalue weighted by Crippen LogP contribution is -2.51. The number of ether oxygens (including phenoxy) is 1. The number of likely N-dealkylation sites (N-methyl/N-ethyl adjacent to an activating group) is 1. The van der Waals surface area contributed by atoms with Crippen LogP contribution >= 0.6 is 0 Å². The van der Waals surface area contributed by atoms with Gasteiger partial charge in [-0.2, -0.15) is 0 Å². The topological polar surface area (TPSA) is 39.1 Å². The summed E-state index contributed by atoms with van der Waals surface area (Å²) >= 11 is 0. The van der Waals surface area contributed by atoms with Crippen LogP contribution in [0.3, 0.4) is 0 Å². The molecule has 4 heteroatoms. The molecule has 19 heavy (non-hydrogen) atoms. The van der Waals surface area contributed by atoms with Crippen molar-refractivity contribution in [2.24, 2.45) is 0 Å². The second kappa shape index (κ2) is 7.65. The van der Waals surface area contributed by atoms with Crippen LogP contribution in [0.25, 0.3) is 0 Å². The van der Waals surface area contributed by atoms with Gasteiger partial charge < -0.3 is 14.6 Å². The molecule has 1 N–H and O–H groups in total. The lowest BCUT2D eigenvalue weighted by atomic mass is 9.90. The van der Waals surface area contributed by atoms with Gasteiger partial charge in [0.15, 0.2) is 0 Å². The van der Waals surface area contributed by atoms with Crippen molar-refractivity contribution in [3.63, 3.8) is 0 Å². The number of hydrogen-bond acceptors (Lipinski definition) is 3. The normalized spacial score (nSPS) is 16.3. The van der Waals surface area contributed by atoms with Gasteiger partial charge in [0.2, 0.25) is 0 Å². The number of aromatic nitrogens is 2. The zero-order valence-electron chi connectivity index (χ0n) is 13.1. The second-order valence-corrected chi connectivity index (χ2v) is 5.22. The Labute approximate surface area is 117 Å². The van der Waals surface area contributed by atoms with Crippen LogP contribution < -0.4 is 5.32 Å². The van der Waals surface area contributed by atoms with Gasteiger partial charge in [0.1, 0.15) is 5.82 Å². The second-order valence-electron chi connectivity index (χ2n) is 5.22. The molecule has 0 aliphatic carbocycles. The van der Waals surface area contributed by atoms with E-state index in [9.17, 15) is 0 Å². The predicted octanol–water partition coefficient (Wildman–Crippen LogP) is 2.63. The lowest BCUT2D eigenvalue weighted by Gasteiger charge is -2.36. The van der Waals surface area contributed by atoms with E-state index in [1.807, 2.05) is 6.20 Å². The first-order chi connectivity index (χ1) is 9.11. The number of hydrogen-bond donors (Lipinski definition) is 1. The van der Waals surface area contributed by atoms with Crippen molar-refractivity contribution in [3.05, 3.63) is 18.2 Å². The summed E-state index contributed by atoms with van der Waals surface area (Å²) in [6, 6.07) is 0.283. The molecule has 0 radical (unpaired) electrons. The van der Waals surface area contributed by atoms with Gasteiger partial charge in [0.05, 0.1) is 5.60 Å². The average molecular weight is 267 g/mol. The molecule has 0 saturated heterocycles. The molecule has 0 bridgehead atoms. The molecule has 1 aromatic heterocycles. The lowest BCUT2D eigenvalue weighted by molar-refractivity contribution is -0.0290. The van der Waals surface area contributed by atoms with E-state index in [0.717, 1.165) is 38.2 Å². The molecular formula is C15H29N3O. The SMILES string of the molecule is CCCn1ccnc1CC(NCC)C(C)(CC)OC. The monoisotopic (exact) mass is 267 g/mol. The van der Waals surface area contributed by atoms with E-state index in [2.05, 4.69) is 48.8 Å². The van der Waals surface area contributed by atoms with Gasteiger partial charge in [-0.3, -0.25) is 0 Å². The Kier molecular flexibility index (Phi) is 6.52. The smallest absolute Gasteiger partial charge is 0.110 e. The van der Waals surface area contributed by atoms with Gasteiger partial charge in [-0.05, 0) is 26.3 Å². The van der Waals surface area contributed by atoms with Crippen molar-refractivity contribution < 1.29 is 4.74 Å². The van der Waals surface area contributed by atoms with Crippen LogP contribution in [0.4, 0.5) is 0 Å². The van der Waals surface area contributed by atoms with Crippen molar-refractivity contribution in [2.75, 3.05) is 13.7 Å². The molecule has 0 fully saturated rings. The summed E-state index contributed by atoms with van der Waals surface area (Å²) in [5.74, 6) is 1.14. The number of imidazole rings is 1. The summed E-state index contributed by atoms with van der Waals surface area (Å²) < 4.78 is 8.00. The van der Waals surface area contributed by atoms with E-state index in [4.69, 9.17) is 4.74 Å². The Morgan fingerprint density at radius 1 is 1.42 bits per heavy atom. The number of methoxy groups -OCH3 is 1. The molecular weight excluding hydrogens is 238 g/mol. The number of aryl methyl sites for hydroxylation is 1. The zero-order chi connectivity index (χ0) is 14.3. The highest BCUT2D eigenvalue weighted by Gasteiger charge is 2.32.